The molecule has 7 nitrogen and oxygen atoms in total. The van der Waals surface area contributed by atoms with E-state index in [9.17, 15) is 9.13 Å². The summed E-state index contributed by atoms with van der Waals surface area (Å²) in [7, 11) is -5.85. The van der Waals surface area contributed by atoms with Crippen LogP contribution in [0.1, 0.15) is 18.3 Å². The summed E-state index contributed by atoms with van der Waals surface area (Å²) >= 11 is 0. The lowest BCUT2D eigenvalue weighted by molar-refractivity contribution is 0.371. The van der Waals surface area contributed by atoms with Crippen LogP contribution in [0.4, 0.5) is 0 Å². The molecule has 2 atom stereocenters. The van der Waals surface area contributed by atoms with Crippen molar-refractivity contribution in [3.8, 4) is 0 Å². The van der Waals surface area contributed by atoms with Crippen LogP contribution in [0.5, 0.6) is 0 Å². The predicted molar refractivity (Wildman–Crippen MR) is 77.9 cm³/mol. The first-order chi connectivity index (χ1) is 10.0. The molecule has 0 saturated heterocycles. The third-order valence-corrected chi connectivity index (χ3v) is 3.57. The summed E-state index contributed by atoms with van der Waals surface area (Å²) in [6, 6.07) is 10.5. The highest BCUT2D eigenvalue weighted by atomic mass is 31.2. The molecule has 2 N–H and O–H groups in total. The van der Waals surface area contributed by atoms with E-state index in [0.29, 0.717) is 0 Å². The summed E-state index contributed by atoms with van der Waals surface area (Å²) in [5.41, 5.74) is 1.32. The Labute approximate surface area is 124 Å². The maximum Gasteiger partial charge on any atom is 0.745 e. The highest BCUT2D eigenvalue weighted by Crippen LogP contribution is 2.30. The van der Waals surface area contributed by atoms with E-state index in [0.717, 1.165) is 18.8 Å². The van der Waals surface area contributed by atoms with Crippen LogP contribution in [0.25, 0.3) is 0 Å². The van der Waals surface area contributed by atoms with Crippen LogP contribution < -0.4 is 0 Å². The van der Waals surface area contributed by atoms with Crippen LogP contribution in [0.2, 0.25) is 0 Å². The summed E-state index contributed by atoms with van der Waals surface area (Å²) in [4.78, 5) is 19.6. The number of aromatic nitrogens is 2. The zero-order chi connectivity index (χ0) is 15.7. The van der Waals surface area contributed by atoms with Crippen molar-refractivity contribution in [1.29, 1.82) is 0 Å². The SMILES string of the molecule is CCc1nccn1Cc1ccccc1.O=[P+](O)O[P+](=O)O. The van der Waals surface area contributed by atoms with Gasteiger partial charge in [0, 0.05) is 34.5 Å². The average Bonchev–Trinajstić information content (AvgIpc) is 2.86. The van der Waals surface area contributed by atoms with Gasteiger partial charge in [0.1, 0.15) is 5.82 Å². The second kappa shape index (κ2) is 9.45. The third-order valence-electron chi connectivity index (χ3n) is 2.45. The van der Waals surface area contributed by atoms with Gasteiger partial charge in [0.25, 0.3) is 0 Å². The minimum atomic E-state index is -2.92. The van der Waals surface area contributed by atoms with Gasteiger partial charge < -0.3 is 4.57 Å². The molecule has 0 aliphatic heterocycles. The molecule has 21 heavy (non-hydrogen) atoms. The molecule has 9 heteroatoms. The van der Waals surface area contributed by atoms with Gasteiger partial charge in [-0.2, -0.15) is 0 Å². The Morgan fingerprint density at radius 1 is 1.19 bits per heavy atom. The summed E-state index contributed by atoms with van der Waals surface area (Å²) in [6.45, 7) is 3.05. The molecule has 1 aromatic heterocycles. The van der Waals surface area contributed by atoms with Crippen LogP contribution in [-0.4, -0.2) is 19.3 Å². The minimum Gasteiger partial charge on any atom is -0.331 e. The Morgan fingerprint density at radius 2 is 1.81 bits per heavy atom. The first kappa shape index (κ1) is 17.6. The first-order valence-electron chi connectivity index (χ1n) is 6.07. The molecule has 0 saturated carbocycles. The van der Waals surface area contributed by atoms with E-state index < -0.39 is 16.5 Å². The topological polar surface area (TPSA) is 102 Å². The molecule has 2 unspecified atom stereocenters. The molecule has 2 rings (SSSR count). The molecule has 0 aliphatic rings. The summed E-state index contributed by atoms with van der Waals surface area (Å²) < 4.78 is 24.4. The van der Waals surface area contributed by atoms with Gasteiger partial charge in [-0.1, -0.05) is 37.3 Å². The van der Waals surface area contributed by atoms with Gasteiger partial charge in [-0.05, 0) is 5.56 Å². The number of hydrogen-bond acceptors (Lipinski definition) is 4. The number of imidazole rings is 1. The van der Waals surface area contributed by atoms with Gasteiger partial charge in [-0.15, -0.1) is 9.79 Å². The van der Waals surface area contributed by atoms with Crippen molar-refractivity contribution in [2.75, 3.05) is 0 Å². The zero-order valence-electron chi connectivity index (χ0n) is 11.4. The smallest absolute Gasteiger partial charge is 0.331 e. The fourth-order valence-corrected chi connectivity index (χ4v) is 2.12. The van der Waals surface area contributed by atoms with E-state index in [4.69, 9.17) is 9.79 Å². The van der Waals surface area contributed by atoms with Gasteiger partial charge in [0.05, 0.1) is 0 Å². The van der Waals surface area contributed by atoms with E-state index in [1.54, 1.807) is 0 Å². The molecule has 0 bridgehead atoms. The monoisotopic (exact) mass is 330 g/mol. The standard InChI is InChI=1S/C12H14N2.O5P2/c1-2-12-13-8-9-14(12)10-11-6-4-3-5-7-11;1-6(2)5-7(3)4/h3-9H,2,10H2,1H3;/p+2. The van der Waals surface area contributed by atoms with Crippen LogP contribution in [0, 0.1) is 0 Å². The fraction of sp³-hybridized carbons (Fsp3) is 0.250. The molecule has 0 fully saturated rings. The van der Waals surface area contributed by atoms with Crippen molar-refractivity contribution >= 4 is 16.5 Å². The van der Waals surface area contributed by atoms with Crippen molar-refractivity contribution in [2.24, 2.45) is 0 Å². The molecule has 1 heterocycles. The number of nitrogens with zero attached hydrogens (tertiary/aromatic N) is 2. The van der Waals surface area contributed by atoms with Crippen molar-refractivity contribution in [2.45, 2.75) is 19.9 Å². The number of hydrogen-bond donors (Lipinski definition) is 2. The molecule has 0 radical (unpaired) electrons. The third kappa shape index (κ3) is 7.18. The predicted octanol–water partition coefficient (Wildman–Crippen LogP) is 2.80. The molecule has 0 aliphatic carbocycles. The van der Waals surface area contributed by atoms with E-state index >= 15 is 0 Å². The summed E-state index contributed by atoms with van der Waals surface area (Å²) in [5, 5.41) is 0. The summed E-state index contributed by atoms with van der Waals surface area (Å²) in [5.74, 6) is 1.15. The Balaban J connectivity index is 0.000000270. The maximum absolute atomic E-state index is 9.39. The highest BCUT2D eigenvalue weighted by molar-refractivity contribution is 7.46. The van der Waals surface area contributed by atoms with Crippen molar-refractivity contribution < 1.29 is 23.2 Å². The lowest BCUT2D eigenvalue weighted by Gasteiger charge is -2.05. The normalized spacial score (nSPS) is 11.4. The van der Waals surface area contributed by atoms with Crippen LogP contribution in [0.3, 0.4) is 0 Å². The maximum atomic E-state index is 9.39. The number of aryl methyl sites for hydroxylation is 1. The fourth-order valence-electron chi connectivity index (χ4n) is 1.64. The molecule has 1 aromatic carbocycles. The van der Waals surface area contributed by atoms with E-state index in [2.05, 4.69) is 45.1 Å². The molecule has 112 valence electrons. The van der Waals surface area contributed by atoms with Crippen molar-refractivity contribution in [3.05, 3.63) is 54.1 Å². The van der Waals surface area contributed by atoms with Crippen LogP contribution >= 0.6 is 16.5 Å². The lowest BCUT2D eigenvalue weighted by atomic mass is 10.2. The highest BCUT2D eigenvalue weighted by Gasteiger charge is 2.31. The molecule has 0 spiro atoms. The number of benzene rings is 1. The van der Waals surface area contributed by atoms with Gasteiger partial charge in [-0.3, -0.25) is 0 Å². The zero-order valence-corrected chi connectivity index (χ0v) is 13.2. The van der Waals surface area contributed by atoms with Crippen LogP contribution in [0.15, 0.2) is 42.7 Å². The Morgan fingerprint density at radius 3 is 2.29 bits per heavy atom. The lowest BCUT2D eigenvalue weighted by Crippen LogP contribution is -2.02. The van der Waals surface area contributed by atoms with Crippen molar-refractivity contribution in [3.63, 3.8) is 0 Å². The Bertz CT molecular complexity index is 576. The minimum absolute atomic E-state index is 0.921. The van der Waals surface area contributed by atoms with Gasteiger partial charge in [-0.25, -0.2) is 4.98 Å². The molecular formula is C12H16N2O5P2+2. The van der Waals surface area contributed by atoms with Crippen molar-refractivity contribution in [1.82, 2.24) is 9.55 Å². The molecule has 0 amide bonds. The van der Waals surface area contributed by atoms with E-state index in [1.165, 1.54) is 5.56 Å². The number of rotatable bonds is 5. The van der Waals surface area contributed by atoms with E-state index in [-0.39, 0.29) is 0 Å². The second-order valence-electron chi connectivity index (χ2n) is 3.87. The largest absolute Gasteiger partial charge is 0.745 e. The second-order valence-corrected chi connectivity index (χ2v) is 5.47. The Hall–Kier alpha value is -1.49. The molecular weight excluding hydrogens is 314 g/mol. The van der Waals surface area contributed by atoms with Gasteiger partial charge in [0.15, 0.2) is 4.31 Å². The molecule has 2 aromatic rings. The summed E-state index contributed by atoms with van der Waals surface area (Å²) in [6.07, 6.45) is 4.88. The average molecular weight is 330 g/mol. The quantitative estimate of drug-likeness (QED) is 0.818. The van der Waals surface area contributed by atoms with Gasteiger partial charge >= 0.3 is 16.5 Å². The Kier molecular flexibility index (Phi) is 7.90. The van der Waals surface area contributed by atoms with E-state index in [1.807, 2.05) is 18.5 Å². The van der Waals surface area contributed by atoms with Gasteiger partial charge in [0.2, 0.25) is 0 Å². The van der Waals surface area contributed by atoms with Crippen LogP contribution in [-0.2, 0) is 26.4 Å². The first-order valence-corrected chi connectivity index (χ1v) is 8.33.